The quantitative estimate of drug-likeness (QED) is 0.863. The minimum absolute atomic E-state index is 0.145. The fourth-order valence-corrected chi connectivity index (χ4v) is 1.91. The minimum Gasteiger partial charge on any atom is -0.474 e. The van der Waals surface area contributed by atoms with Crippen molar-refractivity contribution in [2.24, 2.45) is 0 Å². The molecule has 1 aliphatic heterocycles. The molecule has 2 rings (SSSR count). The first-order chi connectivity index (χ1) is 8.89. The molecule has 1 saturated heterocycles. The van der Waals surface area contributed by atoms with Gasteiger partial charge in [-0.1, -0.05) is 6.07 Å². The molecule has 1 atom stereocenters. The van der Waals surface area contributed by atoms with E-state index in [1.165, 1.54) is 12.1 Å². The Morgan fingerprint density at radius 3 is 2.79 bits per heavy atom. The highest BCUT2D eigenvalue weighted by molar-refractivity contribution is 5.17. The maximum absolute atomic E-state index is 14.2. The van der Waals surface area contributed by atoms with Gasteiger partial charge in [0.2, 0.25) is 5.88 Å². The van der Waals surface area contributed by atoms with Crippen molar-refractivity contribution < 1.29 is 22.3 Å². The van der Waals surface area contributed by atoms with Crippen molar-refractivity contribution in [3.63, 3.8) is 0 Å². The highest BCUT2D eigenvalue weighted by Crippen LogP contribution is 2.29. The average molecular weight is 278 g/mol. The zero-order chi connectivity index (χ0) is 13.9. The van der Waals surface area contributed by atoms with E-state index < -0.39 is 17.5 Å². The number of ether oxygens (including phenoxy) is 1. The largest absolute Gasteiger partial charge is 0.474 e. The van der Waals surface area contributed by atoms with Crippen LogP contribution in [-0.4, -0.2) is 30.3 Å². The van der Waals surface area contributed by atoms with Gasteiger partial charge in [-0.25, -0.2) is 9.37 Å². The summed E-state index contributed by atoms with van der Waals surface area (Å²) in [5.41, 5.74) is -2.59. The number of rotatable bonds is 3. The predicted octanol–water partition coefficient (Wildman–Crippen LogP) is 2.57. The standard InChI is InChI=1S/C12H14F4N2O/c13-11(5-2-6-17-7-11)8-19-10-4-1-3-9(18-10)12(14,15)16/h1,3-4,17H,2,5-8H2. The molecule has 1 aliphatic rings. The lowest BCUT2D eigenvalue weighted by Gasteiger charge is -2.29. The van der Waals surface area contributed by atoms with Crippen molar-refractivity contribution >= 4 is 0 Å². The van der Waals surface area contributed by atoms with E-state index in [0.29, 0.717) is 12.8 Å². The average Bonchev–Trinajstić information content (AvgIpc) is 2.37. The number of hydrogen-bond donors (Lipinski definition) is 1. The Bertz CT molecular complexity index is 430. The molecule has 0 aliphatic carbocycles. The molecule has 1 N–H and O–H groups in total. The van der Waals surface area contributed by atoms with Crippen molar-refractivity contribution in [3.05, 3.63) is 23.9 Å². The molecular formula is C12H14F4N2O. The number of hydrogen-bond acceptors (Lipinski definition) is 3. The topological polar surface area (TPSA) is 34.1 Å². The summed E-state index contributed by atoms with van der Waals surface area (Å²) in [7, 11) is 0. The molecule has 0 saturated carbocycles. The van der Waals surface area contributed by atoms with Crippen molar-refractivity contribution in [1.29, 1.82) is 0 Å². The lowest BCUT2D eigenvalue weighted by atomic mass is 9.97. The van der Waals surface area contributed by atoms with Crippen LogP contribution in [0.2, 0.25) is 0 Å². The summed E-state index contributed by atoms with van der Waals surface area (Å²) >= 11 is 0. The Morgan fingerprint density at radius 1 is 1.37 bits per heavy atom. The highest BCUT2D eigenvalue weighted by Gasteiger charge is 2.34. The van der Waals surface area contributed by atoms with Gasteiger partial charge in [-0.15, -0.1) is 0 Å². The van der Waals surface area contributed by atoms with Gasteiger partial charge >= 0.3 is 6.18 Å². The maximum Gasteiger partial charge on any atom is 0.433 e. The Morgan fingerprint density at radius 2 is 2.16 bits per heavy atom. The van der Waals surface area contributed by atoms with Crippen LogP contribution in [0.1, 0.15) is 18.5 Å². The van der Waals surface area contributed by atoms with Crippen LogP contribution < -0.4 is 10.1 Å². The summed E-state index contributed by atoms with van der Waals surface area (Å²) in [4.78, 5) is 3.33. The SMILES string of the molecule is FC1(COc2cccc(C(F)(F)F)n2)CCCNC1. The third-order valence-electron chi connectivity index (χ3n) is 2.91. The van der Waals surface area contributed by atoms with Crippen molar-refractivity contribution in [2.75, 3.05) is 19.7 Å². The summed E-state index contributed by atoms with van der Waals surface area (Å²) in [5.74, 6) is -0.211. The van der Waals surface area contributed by atoms with Crippen LogP contribution in [0.3, 0.4) is 0 Å². The van der Waals surface area contributed by atoms with Gasteiger partial charge in [0.25, 0.3) is 0 Å². The number of aromatic nitrogens is 1. The molecule has 0 spiro atoms. The molecule has 2 heterocycles. The van der Waals surface area contributed by atoms with Crippen LogP contribution in [0.4, 0.5) is 17.6 Å². The smallest absolute Gasteiger partial charge is 0.433 e. The molecular weight excluding hydrogens is 264 g/mol. The fraction of sp³-hybridized carbons (Fsp3) is 0.583. The molecule has 1 unspecified atom stereocenters. The summed E-state index contributed by atoms with van der Waals surface area (Å²) in [6.07, 6.45) is -3.52. The lowest BCUT2D eigenvalue weighted by molar-refractivity contribution is -0.141. The van der Waals surface area contributed by atoms with Gasteiger partial charge < -0.3 is 10.1 Å². The van der Waals surface area contributed by atoms with Crippen molar-refractivity contribution in [1.82, 2.24) is 10.3 Å². The number of pyridine rings is 1. The van der Waals surface area contributed by atoms with Gasteiger partial charge in [0, 0.05) is 12.6 Å². The number of halogens is 4. The Kier molecular flexibility index (Phi) is 3.93. The number of piperidine rings is 1. The first-order valence-electron chi connectivity index (χ1n) is 5.96. The van der Waals surface area contributed by atoms with E-state index in [1.807, 2.05) is 0 Å². The molecule has 0 radical (unpaired) electrons. The van der Waals surface area contributed by atoms with Crippen molar-refractivity contribution in [3.8, 4) is 5.88 Å². The van der Waals surface area contributed by atoms with Crippen LogP contribution in [0.25, 0.3) is 0 Å². The van der Waals surface area contributed by atoms with Gasteiger partial charge in [0.05, 0.1) is 0 Å². The summed E-state index contributed by atoms with van der Waals surface area (Å²) < 4.78 is 56.5. The Labute approximate surface area is 108 Å². The van der Waals surface area contributed by atoms with Crippen LogP contribution >= 0.6 is 0 Å². The number of nitrogens with one attached hydrogen (secondary N) is 1. The van der Waals surface area contributed by atoms with Crippen LogP contribution in [0, 0.1) is 0 Å². The van der Waals surface area contributed by atoms with Gasteiger partial charge in [0.1, 0.15) is 12.3 Å². The van der Waals surface area contributed by atoms with Crippen LogP contribution in [0.5, 0.6) is 5.88 Å². The molecule has 106 valence electrons. The molecule has 0 aromatic carbocycles. The molecule has 3 nitrogen and oxygen atoms in total. The summed E-state index contributed by atoms with van der Waals surface area (Å²) in [6.45, 7) is 0.591. The van der Waals surface area contributed by atoms with Gasteiger partial charge in [-0.05, 0) is 25.5 Å². The zero-order valence-corrected chi connectivity index (χ0v) is 10.1. The molecule has 1 fully saturated rings. The molecule has 1 aromatic rings. The Balaban J connectivity index is 1.99. The van der Waals surface area contributed by atoms with E-state index in [1.54, 1.807) is 0 Å². The number of alkyl halides is 4. The maximum atomic E-state index is 14.2. The minimum atomic E-state index is -4.53. The van der Waals surface area contributed by atoms with E-state index in [2.05, 4.69) is 10.3 Å². The molecule has 7 heteroatoms. The number of nitrogens with zero attached hydrogens (tertiary/aromatic N) is 1. The second-order valence-corrected chi connectivity index (χ2v) is 4.58. The van der Waals surface area contributed by atoms with E-state index in [4.69, 9.17) is 4.74 Å². The molecule has 0 bridgehead atoms. The lowest BCUT2D eigenvalue weighted by Crippen LogP contribution is -2.46. The normalized spacial score (nSPS) is 24.2. The monoisotopic (exact) mass is 278 g/mol. The summed E-state index contributed by atoms with van der Waals surface area (Å²) in [6, 6.07) is 3.32. The zero-order valence-electron chi connectivity index (χ0n) is 10.1. The first-order valence-corrected chi connectivity index (χ1v) is 5.96. The highest BCUT2D eigenvalue weighted by atomic mass is 19.4. The predicted molar refractivity (Wildman–Crippen MR) is 60.7 cm³/mol. The van der Waals surface area contributed by atoms with Crippen LogP contribution in [0.15, 0.2) is 18.2 Å². The van der Waals surface area contributed by atoms with E-state index in [-0.39, 0.29) is 19.0 Å². The van der Waals surface area contributed by atoms with Crippen LogP contribution in [-0.2, 0) is 6.18 Å². The molecule has 19 heavy (non-hydrogen) atoms. The molecule has 0 amide bonds. The van der Waals surface area contributed by atoms with Gasteiger partial charge in [0.15, 0.2) is 5.67 Å². The first kappa shape index (κ1) is 14.0. The third kappa shape index (κ3) is 3.79. The van der Waals surface area contributed by atoms with E-state index >= 15 is 0 Å². The van der Waals surface area contributed by atoms with Crippen molar-refractivity contribution in [2.45, 2.75) is 24.7 Å². The van der Waals surface area contributed by atoms with E-state index in [9.17, 15) is 17.6 Å². The Hall–Kier alpha value is -1.37. The third-order valence-corrected chi connectivity index (χ3v) is 2.91. The fourth-order valence-electron chi connectivity index (χ4n) is 1.91. The molecule has 1 aromatic heterocycles. The summed E-state index contributed by atoms with van der Waals surface area (Å²) in [5, 5.41) is 2.89. The second-order valence-electron chi connectivity index (χ2n) is 4.58. The second kappa shape index (κ2) is 5.32. The van der Waals surface area contributed by atoms with Gasteiger partial charge in [-0.3, -0.25) is 0 Å². The van der Waals surface area contributed by atoms with E-state index in [0.717, 1.165) is 12.6 Å². The van der Waals surface area contributed by atoms with Gasteiger partial charge in [-0.2, -0.15) is 13.2 Å².